The van der Waals surface area contributed by atoms with Crippen LogP contribution < -0.4 is 0 Å². The fourth-order valence-corrected chi connectivity index (χ4v) is 4.41. The van der Waals surface area contributed by atoms with Crippen molar-refractivity contribution in [1.82, 2.24) is 14.5 Å². The average molecular weight is 395 g/mol. The zero-order valence-corrected chi connectivity index (χ0v) is 15.7. The molecule has 1 amide bonds. The number of piperidine rings is 1. The average Bonchev–Trinajstić information content (AvgIpc) is 3.01. The molecule has 1 aliphatic heterocycles. The minimum Gasteiger partial charge on any atom is -0.390 e. The standard InChI is InChI=1S/C20H24F3N3O2/c1-19(28)10-15(11-19)18(27)25-7-4-13(5-8-25)12-26-9-6-14-2-3-16(20(21,22)23)24-17(14)26/h2-3,6,9,13,15,28H,4-5,7-8,10-12H2,1H3. The van der Waals surface area contributed by atoms with Gasteiger partial charge in [0.1, 0.15) is 11.3 Å². The quantitative estimate of drug-likeness (QED) is 0.866. The molecule has 0 spiro atoms. The van der Waals surface area contributed by atoms with Crippen LogP contribution in [0.1, 0.15) is 38.3 Å². The lowest BCUT2D eigenvalue weighted by molar-refractivity contribution is -0.151. The number of rotatable bonds is 3. The van der Waals surface area contributed by atoms with Gasteiger partial charge in [0.2, 0.25) is 5.91 Å². The second-order valence-electron chi connectivity index (χ2n) is 8.45. The van der Waals surface area contributed by atoms with Crippen molar-refractivity contribution >= 4 is 16.9 Å². The number of pyridine rings is 1. The van der Waals surface area contributed by atoms with E-state index >= 15 is 0 Å². The van der Waals surface area contributed by atoms with Crippen LogP contribution in [0.15, 0.2) is 24.4 Å². The first-order valence-corrected chi connectivity index (χ1v) is 9.67. The SMILES string of the molecule is CC1(O)CC(C(=O)N2CCC(Cn3ccc4ccc(C(F)(F)F)nc43)CC2)C1. The van der Waals surface area contributed by atoms with Crippen molar-refractivity contribution in [3.05, 3.63) is 30.1 Å². The van der Waals surface area contributed by atoms with Gasteiger partial charge in [0.05, 0.1) is 5.60 Å². The van der Waals surface area contributed by atoms with Crippen molar-refractivity contribution in [1.29, 1.82) is 0 Å². The molecule has 5 nitrogen and oxygen atoms in total. The van der Waals surface area contributed by atoms with Crippen LogP contribution >= 0.6 is 0 Å². The molecule has 3 heterocycles. The Bertz CT molecular complexity index is 874. The minimum absolute atomic E-state index is 0.0788. The van der Waals surface area contributed by atoms with E-state index in [1.807, 2.05) is 4.90 Å². The lowest BCUT2D eigenvalue weighted by Crippen LogP contribution is -2.51. The molecule has 0 aromatic carbocycles. The Balaban J connectivity index is 1.38. The molecular weight excluding hydrogens is 371 g/mol. The molecule has 1 N–H and O–H groups in total. The molecule has 2 aromatic heterocycles. The second-order valence-corrected chi connectivity index (χ2v) is 8.45. The number of carbonyl (C=O) groups excluding carboxylic acids is 1. The maximum Gasteiger partial charge on any atom is 0.433 e. The summed E-state index contributed by atoms with van der Waals surface area (Å²) in [6, 6.07) is 4.24. The Morgan fingerprint density at radius 2 is 1.93 bits per heavy atom. The van der Waals surface area contributed by atoms with Crippen molar-refractivity contribution in [2.75, 3.05) is 13.1 Å². The monoisotopic (exact) mass is 395 g/mol. The van der Waals surface area contributed by atoms with Gasteiger partial charge in [0, 0.05) is 37.1 Å². The van der Waals surface area contributed by atoms with Crippen LogP contribution in [0.3, 0.4) is 0 Å². The van der Waals surface area contributed by atoms with Crippen LogP contribution in [0.5, 0.6) is 0 Å². The summed E-state index contributed by atoms with van der Waals surface area (Å²) in [4.78, 5) is 18.2. The molecule has 1 aliphatic carbocycles. The van der Waals surface area contributed by atoms with Crippen LogP contribution in [0.4, 0.5) is 13.2 Å². The van der Waals surface area contributed by atoms with Crippen LogP contribution in [-0.2, 0) is 17.5 Å². The van der Waals surface area contributed by atoms with Crippen molar-refractivity contribution < 1.29 is 23.1 Å². The molecule has 1 saturated heterocycles. The second kappa shape index (κ2) is 6.76. The third-order valence-electron chi connectivity index (χ3n) is 6.00. The Morgan fingerprint density at radius 3 is 2.54 bits per heavy atom. The van der Waals surface area contributed by atoms with Gasteiger partial charge in [-0.2, -0.15) is 13.2 Å². The number of carbonyl (C=O) groups is 1. The first-order chi connectivity index (χ1) is 13.1. The highest BCUT2D eigenvalue weighted by Crippen LogP contribution is 2.39. The number of hydrogen-bond donors (Lipinski definition) is 1. The Hall–Kier alpha value is -2.09. The Labute approximate surface area is 161 Å². The number of likely N-dealkylation sites (tertiary alicyclic amines) is 1. The van der Waals surface area contributed by atoms with Crippen LogP contribution in [0.2, 0.25) is 0 Å². The predicted molar refractivity (Wildman–Crippen MR) is 97.4 cm³/mol. The number of aromatic nitrogens is 2. The van der Waals surface area contributed by atoms with Gasteiger partial charge in [-0.05, 0) is 56.7 Å². The highest BCUT2D eigenvalue weighted by Gasteiger charge is 2.44. The summed E-state index contributed by atoms with van der Waals surface area (Å²) >= 11 is 0. The lowest BCUT2D eigenvalue weighted by atomic mass is 9.71. The summed E-state index contributed by atoms with van der Waals surface area (Å²) in [5.74, 6) is 0.332. The zero-order valence-electron chi connectivity index (χ0n) is 15.7. The third kappa shape index (κ3) is 3.74. The summed E-state index contributed by atoms with van der Waals surface area (Å²) in [5.41, 5.74) is -1.24. The molecule has 8 heteroatoms. The fourth-order valence-electron chi connectivity index (χ4n) is 4.41. The van der Waals surface area contributed by atoms with E-state index in [-0.39, 0.29) is 11.8 Å². The molecule has 152 valence electrons. The van der Waals surface area contributed by atoms with E-state index in [9.17, 15) is 23.1 Å². The number of hydrogen-bond acceptors (Lipinski definition) is 3. The maximum absolute atomic E-state index is 13.0. The predicted octanol–water partition coefficient (Wildman–Crippen LogP) is 3.45. The molecule has 0 radical (unpaired) electrons. The van der Waals surface area contributed by atoms with E-state index in [4.69, 9.17) is 0 Å². The smallest absolute Gasteiger partial charge is 0.390 e. The first-order valence-electron chi connectivity index (χ1n) is 9.67. The summed E-state index contributed by atoms with van der Waals surface area (Å²) in [6.45, 7) is 3.66. The van der Waals surface area contributed by atoms with Crippen LogP contribution in [0, 0.1) is 11.8 Å². The van der Waals surface area contributed by atoms with E-state index in [2.05, 4.69) is 4.98 Å². The summed E-state index contributed by atoms with van der Waals surface area (Å²) in [7, 11) is 0. The van der Waals surface area contributed by atoms with E-state index in [1.165, 1.54) is 6.07 Å². The highest BCUT2D eigenvalue weighted by atomic mass is 19.4. The summed E-state index contributed by atoms with van der Waals surface area (Å²) in [6.07, 6.45) is -0.00339. The largest absolute Gasteiger partial charge is 0.433 e. The van der Waals surface area contributed by atoms with Crippen molar-refractivity contribution in [3.63, 3.8) is 0 Å². The number of alkyl halides is 3. The van der Waals surface area contributed by atoms with Gasteiger partial charge in [-0.15, -0.1) is 0 Å². The van der Waals surface area contributed by atoms with Crippen molar-refractivity contribution in [2.24, 2.45) is 11.8 Å². The number of amides is 1. The molecule has 28 heavy (non-hydrogen) atoms. The van der Waals surface area contributed by atoms with Crippen molar-refractivity contribution in [2.45, 2.75) is 50.9 Å². The maximum atomic E-state index is 13.0. The summed E-state index contributed by atoms with van der Waals surface area (Å²) in [5, 5.41) is 10.5. The van der Waals surface area contributed by atoms with Crippen LogP contribution in [0.25, 0.3) is 11.0 Å². The van der Waals surface area contributed by atoms with Crippen molar-refractivity contribution in [3.8, 4) is 0 Å². The molecule has 2 aromatic rings. The van der Waals surface area contributed by atoms with E-state index in [1.54, 1.807) is 23.8 Å². The molecule has 2 fully saturated rings. The van der Waals surface area contributed by atoms with Gasteiger partial charge in [0.15, 0.2) is 0 Å². The van der Waals surface area contributed by atoms with E-state index in [0.29, 0.717) is 49.4 Å². The molecular formula is C20H24F3N3O2. The Morgan fingerprint density at radius 1 is 1.25 bits per heavy atom. The van der Waals surface area contributed by atoms with E-state index < -0.39 is 17.5 Å². The van der Waals surface area contributed by atoms with E-state index in [0.717, 1.165) is 18.9 Å². The number of fused-ring (bicyclic) bond motifs is 1. The number of halogens is 3. The normalized spacial score (nSPS) is 26.5. The van der Waals surface area contributed by atoms with Gasteiger partial charge < -0.3 is 14.6 Å². The number of aliphatic hydroxyl groups is 1. The van der Waals surface area contributed by atoms with Gasteiger partial charge in [0.25, 0.3) is 0 Å². The number of nitrogens with zero attached hydrogens (tertiary/aromatic N) is 3. The lowest BCUT2D eigenvalue weighted by Gasteiger charge is -2.43. The first kappa shape index (κ1) is 19.2. The molecule has 2 aliphatic rings. The van der Waals surface area contributed by atoms with Gasteiger partial charge in [-0.3, -0.25) is 4.79 Å². The van der Waals surface area contributed by atoms with Gasteiger partial charge >= 0.3 is 6.18 Å². The highest BCUT2D eigenvalue weighted by molar-refractivity contribution is 5.80. The molecule has 4 rings (SSSR count). The molecule has 0 bridgehead atoms. The van der Waals surface area contributed by atoms with Gasteiger partial charge in [-0.25, -0.2) is 4.98 Å². The molecule has 1 saturated carbocycles. The minimum atomic E-state index is -4.46. The topological polar surface area (TPSA) is 58.4 Å². The Kier molecular flexibility index (Phi) is 4.64. The third-order valence-corrected chi connectivity index (χ3v) is 6.00. The molecule has 0 unspecified atom stereocenters. The summed E-state index contributed by atoms with van der Waals surface area (Å²) < 4.78 is 40.6. The fraction of sp³-hybridized carbons (Fsp3) is 0.600. The molecule has 0 atom stereocenters. The zero-order chi connectivity index (χ0) is 20.1. The van der Waals surface area contributed by atoms with Gasteiger partial charge in [-0.1, -0.05) is 0 Å². The van der Waals surface area contributed by atoms with Crippen LogP contribution in [-0.4, -0.2) is 44.2 Å².